The largest absolute Gasteiger partial charge is 0.442 e. The average Bonchev–Trinajstić information content (AvgIpc) is 3.41. The zero-order valence-electron chi connectivity index (χ0n) is 13.9. The fourth-order valence-corrected chi connectivity index (χ4v) is 3.66. The minimum atomic E-state index is -0.443. The number of rotatable bonds is 5. The normalized spacial score (nSPS) is 16.4. The van der Waals surface area contributed by atoms with E-state index >= 15 is 0 Å². The van der Waals surface area contributed by atoms with E-state index in [1.807, 2.05) is 24.3 Å². The topological polar surface area (TPSA) is 89.4 Å². The summed E-state index contributed by atoms with van der Waals surface area (Å²) in [5.74, 6) is -0.237. The van der Waals surface area contributed by atoms with Crippen molar-refractivity contribution in [2.24, 2.45) is 0 Å². The van der Waals surface area contributed by atoms with Gasteiger partial charge in [-0.05, 0) is 36.4 Å². The molecule has 0 saturated carbocycles. The van der Waals surface area contributed by atoms with E-state index in [4.69, 9.17) is 16.3 Å². The molecule has 1 fully saturated rings. The lowest BCUT2D eigenvalue weighted by molar-refractivity contribution is 0.0920. The van der Waals surface area contributed by atoms with Gasteiger partial charge in [0, 0.05) is 5.69 Å². The number of carbonyl (C=O) groups excluding carboxylic acids is 2. The van der Waals surface area contributed by atoms with Gasteiger partial charge in [0.2, 0.25) is 0 Å². The van der Waals surface area contributed by atoms with Crippen LogP contribution in [0.2, 0.25) is 4.34 Å². The highest BCUT2D eigenvalue weighted by atomic mass is 35.5. The number of hydrogen-bond acceptors (Lipinski definition) is 6. The molecule has 2 amide bonds. The molecule has 1 aliphatic rings. The van der Waals surface area contributed by atoms with Gasteiger partial charge in [-0.15, -0.1) is 16.4 Å². The lowest BCUT2D eigenvalue weighted by atomic mass is 10.2. The van der Waals surface area contributed by atoms with Crippen molar-refractivity contribution in [1.29, 1.82) is 0 Å². The van der Waals surface area contributed by atoms with E-state index in [0.717, 1.165) is 5.69 Å². The van der Waals surface area contributed by atoms with Gasteiger partial charge in [-0.3, -0.25) is 9.69 Å². The molecule has 0 bridgehead atoms. The lowest BCUT2D eigenvalue weighted by Gasteiger charge is -2.13. The van der Waals surface area contributed by atoms with Crippen molar-refractivity contribution < 1.29 is 14.3 Å². The van der Waals surface area contributed by atoms with Crippen molar-refractivity contribution in [2.45, 2.75) is 6.10 Å². The highest BCUT2D eigenvalue weighted by molar-refractivity contribution is 7.17. The minimum Gasteiger partial charge on any atom is -0.442 e. The van der Waals surface area contributed by atoms with E-state index < -0.39 is 12.2 Å². The number of nitrogens with one attached hydrogen (secondary N) is 1. The number of carbonyl (C=O) groups is 2. The van der Waals surface area contributed by atoms with Crippen LogP contribution in [0.1, 0.15) is 9.67 Å². The smallest absolute Gasteiger partial charge is 0.414 e. The summed E-state index contributed by atoms with van der Waals surface area (Å²) in [5, 5.41) is 10.5. The van der Waals surface area contributed by atoms with E-state index in [-0.39, 0.29) is 12.5 Å². The van der Waals surface area contributed by atoms with Crippen LogP contribution in [-0.2, 0) is 4.74 Å². The Hall–Kier alpha value is -2.91. The quantitative estimate of drug-likeness (QED) is 0.707. The Bertz CT molecular complexity index is 957. The Kier molecular flexibility index (Phi) is 4.78. The Morgan fingerprint density at radius 3 is 2.70 bits per heavy atom. The summed E-state index contributed by atoms with van der Waals surface area (Å²) in [7, 11) is 0. The van der Waals surface area contributed by atoms with Gasteiger partial charge >= 0.3 is 6.09 Å². The van der Waals surface area contributed by atoms with E-state index in [1.54, 1.807) is 29.2 Å². The number of nitrogens with zero attached hydrogens (tertiary/aromatic N) is 4. The van der Waals surface area contributed by atoms with Gasteiger partial charge in [-0.1, -0.05) is 16.8 Å². The van der Waals surface area contributed by atoms with Crippen LogP contribution in [0.25, 0.3) is 5.69 Å². The Morgan fingerprint density at radius 1 is 1.26 bits per heavy atom. The maximum absolute atomic E-state index is 12.2. The first-order valence-corrected chi connectivity index (χ1v) is 9.28. The number of amides is 2. The zero-order valence-corrected chi connectivity index (χ0v) is 15.5. The van der Waals surface area contributed by atoms with Gasteiger partial charge in [0.1, 0.15) is 6.10 Å². The lowest BCUT2D eigenvalue weighted by Crippen LogP contribution is -2.34. The highest BCUT2D eigenvalue weighted by Crippen LogP contribution is 2.23. The maximum atomic E-state index is 12.2. The summed E-state index contributed by atoms with van der Waals surface area (Å²) in [4.78, 5) is 26.3. The molecule has 4 rings (SSSR count). The van der Waals surface area contributed by atoms with E-state index in [1.165, 1.54) is 16.2 Å². The maximum Gasteiger partial charge on any atom is 0.414 e. The molecule has 0 radical (unpaired) electrons. The van der Waals surface area contributed by atoms with Gasteiger partial charge in [0.25, 0.3) is 5.91 Å². The molecule has 3 heterocycles. The summed E-state index contributed by atoms with van der Waals surface area (Å²) in [6.45, 7) is 0.584. The van der Waals surface area contributed by atoms with Crippen LogP contribution in [0.15, 0.2) is 48.8 Å². The fourth-order valence-electron chi connectivity index (χ4n) is 2.70. The first-order valence-electron chi connectivity index (χ1n) is 8.08. The molecule has 2 aromatic heterocycles. The van der Waals surface area contributed by atoms with E-state index in [0.29, 0.717) is 21.4 Å². The third kappa shape index (κ3) is 3.79. The molecule has 8 nitrogen and oxygen atoms in total. The van der Waals surface area contributed by atoms with E-state index in [2.05, 4.69) is 15.6 Å². The van der Waals surface area contributed by atoms with Crippen molar-refractivity contribution in [3.63, 3.8) is 0 Å². The molecule has 3 aromatic rings. The molecular formula is C17H14ClN5O3S. The second-order valence-corrected chi connectivity index (χ2v) is 7.51. The van der Waals surface area contributed by atoms with Crippen LogP contribution in [0, 0.1) is 0 Å². The molecule has 0 aliphatic carbocycles. The van der Waals surface area contributed by atoms with Crippen LogP contribution >= 0.6 is 22.9 Å². The summed E-state index contributed by atoms with van der Waals surface area (Å²) in [6, 6.07) is 10.6. The van der Waals surface area contributed by atoms with Crippen molar-refractivity contribution in [3.05, 3.63) is 58.0 Å². The summed E-state index contributed by atoms with van der Waals surface area (Å²) < 4.78 is 7.52. The van der Waals surface area contributed by atoms with Gasteiger partial charge in [-0.2, -0.15) is 0 Å². The number of benzene rings is 1. The van der Waals surface area contributed by atoms with Crippen LogP contribution in [0.3, 0.4) is 0 Å². The second-order valence-electron chi connectivity index (χ2n) is 5.79. The Balaban J connectivity index is 1.36. The molecule has 1 N–H and O–H groups in total. The van der Waals surface area contributed by atoms with Crippen LogP contribution in [0.5, 0.6) is 0 Å². The minimum absolute atomic E-state index is 0.230. The first-order chi connectivity index (χ1) is 13.1. The Labute approximate surface area is 163 Å². The van der Waals surface area contributed by atoms with E-state index in [9.17, 15) is 9.59 Å². The molecular weight excluding hydrogens is 390 g/mol. The number of halogens is 1. The molecule has 1 unspecified atom stereocenters. The third-order valence-electron chi connectivity index (χ3n) is 4.01. The summed E-state index contributed by atoms with van der Waals surface area (Å²) >= 11 is 7.04. The van der Waals surface area contributed by atoms with Gasteiger partial charge < -0.3 is 10.1 Å². The second kappa shape index (κ2) is 7.37. The summed E-state index contributed by atoms with van der Waals surface area (Å²) in [5.41, 5.74) is 1.55. The predicted octanol–water partition coefficient (Wildman–Crippen LogP) is 2.74. The molecule has 1 aromatic carbocycles. The number of ether oxygens (including phenoxy) is 1. The number of cyclic esters (lactones) is 1. The number of anilines is 1. The molecule has 0 spiro atoms. The standard InChI is InChI=1S/C17H14ClN5O3S/c18-15-6-5-14(27-15)16(24)19-9-13-10-22(17(25)26-13)11-1-3-12(4-2-11)23-8-7-20-21-23/h1-8,13H,9-10H2,(H,19,24). The van der Waals surface area contributed by atoms with Crippen LogP contribution < -0.4 is 10.2 Å². The molecule has 1 saturated heterocycles. The number of hydrogen-bond donors (Lipinski definition) is 1. The SMILES string of the molecule is O=C(NCC1CN(c2ccc(-n3ccnn3)cc2)C(=O)O1)c1ccc(Cl)s1. The third-order valence-corrected chi connectivity index (χ3v) is 5.24. The average molecular weight is 404 g/mol. The Morgan fingerprint density at radius 2 is 2.04 bits per heavy atom. The predicted molar refractivity (Wildman–Crippen MR) is 101 cm³/mol. The molecule has 1 aliphatic heterocycles. The molecule has 10 heteroatoms. The van der Waals surface area contributed by atoms with Crippen LogP contribution in [-0.4, -0.2) is 46.2 Å². The van der Waals surface area contributed by atoms with Gasteiger partial charge in [-0.25, -0.2) is 9.48 Å². The van der Waals surface area contributed by atoms with Gasteiger partial charge in [0.05, 0.1) is 40.4 Å². The molecule has 27 heavy (non-hydrogen) atoms. The van der Waals surface area contributed by atoms with Gasteiger partial charge in [0.15, 0.2) is 0 Å². The highest BCUT2D eigenvalue weighted by Gasteiger charge is 2.32. The monoisotopic (exact) mass is 403 g/mol. The van der Waals surface area contributed by atoms with Crippen molar-refractivity contribution in [2.75, 3.05) is 18.0 Å². The molecule has 138 valence electrons. The van der Waals surface area contributed by atoms with Crippen LogP contribution in [0.4, 0.5) is 10.5 Å². The number of thiophene rings is 1. The number of aromatic nitrogens is 3. The van der Waals surface area contributed by atoms with Crippen molar-refractivity contribution in [1.82, 2.24) is 20.3 Å². The fraction of sp³-hybridized carbons (Fsp3) is 0.176. The summed E-state index contributed by atoms with van der Waals surface area (Å²) in [6.07, 6.45) is 2.46. The molecule has 1 atom stereocenters. The van der Waals surface area contributed by atoms with Crippen molar-refractivity contribution in [3.8, 4) is 5.69 Å². The van der Waals surface area contributed by atoms with Crippen molar-refractivity contribution >= 4 is 40.6 Å². The first kappa shape index (κ1) is 17.5. The zero-order chi connectivity index (χ0) is 18.8.